The van der Waals surface area contributed by atoms with Gasteiger partial charge in [-0.3, -0.25) is 4.79 Å². The largest absolute Gasteiger partial charge is 0.493 e. The van der Waals surface area contributed by atoms with E-state index >= 15 is 0 Å². The first-order valence-corrected chi connectivity index (χ1v) is 8.17. The number of rotatable bonds is 6. The summed E-state index contributed by atoms with van der Waals surface area (Å²) in [6.45, 7) is 0. The summed E-state index contributed by atoms with van der Waals surface area (Å²) in [5.74, 6) is 6.40. The first-order chi connectivity index (χ1) is 13.6. The van der Waals surface area contributed by atoms with Crippen LogP contribution in [0.5, 0.6) is 11.5 Å². The average Bonchev–Trinajstić information content (AvgIpc) is 2.73. The lowest BCUT2D eigenvalue weighted by molar-refractivity contribution is 0.103. The van der Waals surface area contributed by atoms with E-state index in [1.807, 2.05) is 6.07 Å². The predicted octanol–water partition coefficient (Wildman–Crippen LogP) is 2.93. The molecule has 0 saturated carbocycles. The number of aromatic nitrogens is 2. The number of benzene rings is 1. The van der Waals surface area contributed by atoms with E-state index in [0.29, 0.717) is 28.4 Å². The van der Waals surface area contributed by atoms with E-state index in [-0.39, 0.29) is 17.2 Å². The van der Waals surface area contributed by atoms with Gasteiger partial charge in [0, 0.05) is 23.5 Å². The molecule has 4 N–H and O–H groups in total. The second kappa shape index (κ2) is 8.12. The van der Waals surface area contributed by atoms with Crippen LogP contribution in [0, 0.1) is 0 Å². The van der Waals surface area contributed by atoms with E-state index in [0.717, 1.165) is 5.56 Å². The molecule has 0 atom stereocenters. The fraction of sp³-hybridized carbons (Fsp3) is 0.105. The number of pyridine rings is 2. The molecule has 28 heavy (non-hydrogen) atoms. The Kier molecular flexibility index (Phi) is 5.45. The molecule has 0 aliphatic carbocycles. The van der Waals surface area contributed by atoms with Crippen molar-refractivity contribution >= 4 is 17.4 Å². The van der Waals surface area contributed by atoms with E-state index in [1.54, 1.807) is 50.7 Å². The minimum Gasteiger partial charge on any atom is -0.493 e. The van der Waals surface area contributed by atoms with Crippen molar-refractivity contribution in [2.24, 2.45) is 16.2 Å². The summed E-state index contributed by atoms with van der Waals surface area (Å²) < 4.78 is 10.6. The molecule has 9 nitrogen and oxygen atoms in total. The SMILES string of the molecule is COc1ccc(-c2cnc(N=NN)c(C(=O)c3ccc(N)nc3)c2)cc1OC. The lowest BCUT2D eigenvalue weighted by Crippen LogP contribution is -2.05. The molecule has 0 fully saturated rings. The summed E-state index contributed by atoms with van der Waals surface area (Å²) >= 11 is 0. The van der Waals surface area contributed by atoms with Crippen LogP contribution < -0.4 is 21.1 Å². The summed E-state index contributed by atoms with van der Waals surface area (Å²) in [6, 6.07) is 10.2. The molecular formula is C19H18N6O3. The maximum Gasteiger partial charge on any atom is 0.198 e. The Morgan fingerprint density at radius 2 is 1.75 bits per heavy atom. The van der Waals surface area contributed by atoms with Crippen molar-refractivity contribution in [1.29, 1.82) is 0 Å². The monoisotopic (exact) mass is 378 g/mol. The second-order valence-electron chi connectivity index (χ2n) is 5.68. The van der Waals surface area contributed by atoms with Crippen LogP contribution in [-0.2, 0) is 0 Å². The lowest BCUT2D eigenvalue weighted by atomic mass is 10.0. The molecule has 3 rings (SSSR count). The second-order valence-corrected chi connectivity index (χ2v) is 5.68. The van der Waals surface area contributed by atoms with Gasteiger partial charge in [-0.2, -0.15) is 0 Å². The molecule has 0 bridgehead atoms. The fourth-order valence-corrected chi connectivity index (χ4v) is 2.63. The topological polar surface area (TPSA) is 138 Å². The van der Waals surface area contributed by atoms with Crippen molar-refractivity contribution in [2.75, 3.05) is 20.0 Å². The van der Waals surface area contributed by atoms with Gasteiger partial charge in [-0.15, -0.1) is 5.11 Å². The Bertz CT molecular complexity index is 1030. The number of carbonyl (C=O) groups is 1. The van der Waals surface area contributed by atoms with Crippen LogP contribution >= 0.6 is 0 Å². The van der Waals surface area contributed by atoms with Gasteiger partial charge in [0.25, 0.3) is 0 Å². The number of nitrogens with zero attached hydrogens (tertiary/aromatic N) is 4. The van der Waals surface area contributed by atoms with Gasteiger partial charge in [0.2, 0.25) is 0 Å². The third-order valence-electron chi connectivity index (χ3n) is 4.03. The Morgan fingerprint density at radius 1 is 0.964 bits per heavy atom. The summed E-state index contributed by atoms with van der Waals surface area (Å²) in [4.78, 5) is 21.1. The van der Waals surface area contributed by atoms with Gasteiger partial charge in [0.1, 0.15) is 5.82 Å². The van der Waals surface area contributed by atoms with Gasteiger partial charge in [0.05, 0.1) is 19.8 Å². The molecule has 0 amide bonds. The minimum absolute atomic E-state index is 0.105. The summed E-state index contributed by atoms with van der Waals surface area (Å²) in [5.41, 5.74) is 7.63. The van der Waals surface area contributed by atoms with Crippen molar-refractivity contribution in [3.8, 4) is 22.6 Å². The highest BCUT2D eigenvalue weighted by Gasteiger charge is 2.18. The molecule has 3 aromatic rings. The Balaban J connectivity index is 2.09. The van der Waals surface area contributed by atoms with E-state index in [1.165, 1.54) is 6.20 Å². The lowest BCUT2D eigenvalue weighted by Gasteiger charge is -2.11. The highest BCUT2D eigenvalue weighted by molar-refractivity contribution is 6.12. The van der Waals surface area contributed by atoms with Crippen molar-refractivity contribution < 1.29 is 14.3 Å². The standard InChI is InChI=1S/C19H18N6O3/c1-27-15-5-3-11(8-16(15)28-2)13-7-14(19(23-10-13)24-25-21)18(26)12-4-6-17(20)22-9-12/h3-10H,1-2H3,(H2,20,22)(H2,21,23,24). The quantitative estimate of drug-likeness (QED) is 0.291. The average molecular weight is 378 g/mol. The number of hydrogen-bond donors (Lipinski definition) is 2. The van der Waals surface area contributed by atoms with Crippen molar-refractivity contribution in [2.45, 2.75) is 0 Å². The summed E-state index contributed by atoms with van der Waals surface area (Å²) in [7, 11) is 3.11. The number of carbonyl (C=O) groups excluding carboxylic acids is 1. The molecule has 0 unspecified atom stereocenters. The first-order valence-electron chi connectivity index (χ1n) is 8.17. The van der Waals surface area contributed by atoms with Crippen LogP contribution in [0.1, 0.15) is 15.9 Å². The highest BCUT2D eigenvalue weighted by atomic mass is 16.5. The van der Waals surface area contributed by atoms with Crippen LogP contribution in [-0.4, -0.2) is 30.0 Å². The molecular weight excluding hydrogens is 360 g/mol. The number of nitrogen functional groups attached to an aromatic ring is 1. The number of methoxy groups -OCH3 is 2. The summed E-state index contributed by atoms with van der Waals surface area (Å²) in [5, 5.41) is 7.00. The molecule has 0 radical (unpaired) electrons. The molecule has 9 heteroatoms. The Labute approximate surface area is 161 Å². The molecule has 2 aromatic heterocycles. The molecule has 1 aromatic carbocycles. The molecule has 0 aliphatic rings. The molecule has 0 aliphatic heterocycles. The number of ketones is 1. The minimum atomic E-state index is -0.329. The zero-order chi connectivity index (χ0) is 20.1. The van der Waals surface area contributed by atoms with Gasteiger partial charge < -0.3 is 21.1 Å². The number of nitrogens with two attached hydrogens (primary N) is 2. The number of ether oxygens (including phenoxy) is 2. The van der Waals surface area contributed by atoms with Crippen LogP contribution in [0.25, 0.3) is 11.1 Å². The van der Waals surface area contributed by atoms with Crippen molar-refractivity contribution in [3.05, 3.63) is 59.9 Å². The Hall–Kier alpha value is -4.01. The van der Waals surface area contributed by atoms with Gasteiger partial charge >= 0.3 is 0 Å². The van der Waals surface area contributed by atoms with E-state index in [2.05, 4.69) is 20.3 Å². The van der Waals surface area contributed by atoms with Crippen LogP contribution in [0.3, 0.4) is 0 Å². The molecule has 142 valence electrons. The van der Waals surface area contributed by atoms with Gasteiger partial charge in [0.15, 0.2) is 23.1 Å². The third kappa shape index (κ3) is 3.73. The van der Waals surface area contributed by atoms with Crippen LogP contribution in [0.15, 0.2) is 59.1 Å². The van der Waals surface area contributed by atoms with Gasteiger partial charge in [-0.1, -0.05) is 11.3 Å². The smallest absolute Gasteiger partial charge is 0.198 e. The van der Waals surface area contributed by atoms with Crippen molar-refractivity contribution in [1.82, 2.24) is 9.97 Å². The zero-order valence-corrected chi connectivity index (χ0v) is 15.3. The fourth-order valence-electron chi connectivity index (χ4n) is 2.63. The predicted molar refractivity (Wildman–Crippen MR) is 104 cm³/mol. The molecule has 0 saturated heterocycles. The molecule has 0 spiro atoms. The first kappa shape index (κ1) is 18.8. The summed E-state index contributed by atoms with van der Waals surface area (Å²) in [6.07, 6.45) is 2.97. The van der Waals surface area contributed by atoms with Crippen LogP contribution in [0.4, 0.5) is 11.6 Å². The maximum absolute atomic E-state index is 13.0. The zero-order valence-electron chi connectivity index (χ0n) is 15.3. The molecule has 2 heterocycles. The van der Waals surface area contributed by atoms with E-state index in [9.17, 15) is 4.79 Å². The normalized spacial score (nSPS) is 10.8. The maximum atomic E-state index is 13.0. The van der Waals surface area contributed by atoms with Gasteiger partial charge in [-0.05, 0) is 35.9 Å². The Morgan fingerprint density at radius 3 is 2.39 bits per heavy atom. The van der Waals surface area contributed by atoms with Crippen molar-refractivity contribution in [3.63, 3.8) is 0 Å². The highest BCUT2D eigenvalue weighted by Crippen LogP contribution is 2.33. The van der Waals surface area contributed by atoms with Gasteiger partial charge in [-0.25, -0.2) is 9.97 Å². The van der Waals surface area contributed by atoms with Crippen LogP contribution in [0.2, 0.25) is 0 Å². The van der Waals surface area contributed by atoms with E-state index in [4.69, 9.17) is 21.1 Å². The third-order valence-corrected chi connectivity index (χ3v) is 4.03. The van der Waals surface area contributed by atoms with E-state index < -0.39 is 0 Å². The number of hydrogen-bond acceptors (Lipinski definition) is 8. The number of anilines is 1.